The second-order valence-electron chi connectivity index (χ2n) is 6.29. The van der Waals surface area contributed by atoms with Crippen molar-refractivity contribution >= 4 is 0 Å². The summed E-state index contributed by atoms with van der Waals surface area (Å²) in [6, 6.07) is 20.0. The number of ether oxygens (including phenoxy) is 1. The predicted octanol–water partition coefficient (Wildman–Crippen LogP) is 3.15. The van der Waals surface area contributed by atoms with Gasteiger partial charge in [-0.05, 0) is 12.1 Å². The van der Waals surface area contributed by atoms with E-state index in [2.05, 4.69) is 33.4 Å². The molecule has 0 radical (unpaired) electrons. The molecule has 0 saturated carbocycles. The van der Waals surface area contributed by atoms with Crippen molar-refractivity contribution in [2.24, 2.45) is 0 Å². The van der Waals surface area contributed by atoms with Gasteiger partial charge in [-0.2, -0.15) is 10.4 Å². The van der Waals surface area contributed by atoms with Gasteiger partial charge in [-0.1, -0.05) is 42.5 Å². The van der Waals surface area contributed by atoms with Gasteiger partial charge in [0.2, 0.25) is 5.82 Å². The average molecular weight is 354 g/mol. The number of nitrogens with zero attached hydrogens (tertiary/aromatic N) is 5. The predicted molar refractivity (Wildman–Crippen MR) is 97.6 cm³/mol. The van der Waals surface area contributed by atoms with Crippen molar-refractivity contribution < 1.29 is 4.74 Å². The van der Waals surface area contributed by atoms with Crippen molar-refractivity contribution in [3.8, 4) is 34.5 Å². The maximum atomic E-state index is 8.89. The van der Waals surface area contributed by atoms with Crippen molar-refractivity contribution in [3.05, 3.63) is 71.7 Å². The second-order valence-corrected chi connectivity index (χ2v) is 6.29. The molecule has 0 unspecified atom stereocenters. The molecule has 0 amide bonds. The Morgan fingerprint density at radius 2 is 1.93 bits per heavy atom. The van der Waals surface area contributed by atoms with E-state index in [4.69, 9.17) is 15.1 Å². The molecule has 3 heterocycles. The molecular formula is C20H14N6O. The quantitative estimate of drug-likeness (QED) is 0.597. The van der Waals surface area contributed by atoms with Crippen LogP contribution in [0.4, 0.5) is 0 Å². The van der Waals surface area contributed by atoms with Gasteiger partial charge >= 0.3 is 0 Å². The van der Waals surface area contributed by atoms with Gasteiger partial charge < -0.3 is 9.72 Å². The van der Waals surface area contributed by atoms with Crippen LogP contribution in [0.25, 0.3) is 22.6 Å². The largest absolute Gasteiger partial charge is 0.487 e. The number of fused-ring (bicyclic) bond motifs is 2. The van der Waals surface area contributed by atoms with Crippen LogP contribution < -0.4 is 4.74 Å². The zero-order valence-corrected chi connectivity index (χ0v) is 14.3. The fourth-order valence-corrected chi connectivity index (χ4v) is 3.18. The summed E-state index contributed by atoms with van der Waals surface area (Å²) in [5.41, 5.74) is 4.93. The van der Waals surface area contributed by atoms with E-state index in [1.54, 1.807) is 0 Å². The molecule has 4 aromatic rings. The molecule has 2 aromatic carbocycles. The van der Waals surface area contributed by atoms with E-state index in [0.29, 0.717) is 19.0 Å². The molecule has 0 spiro atoms. The maximum absolute atomic E-state index is 8.89. The molecule has 0 aliphatic carbocycles. The third kappa shape index (κ3) is 2.73. The molecule has 7 nitrogen and oxygen atoms in total. The summed E-state index contributed by atoms with van der Waals surface area (Å²) in [6.07, 6.45) is 0. The Morgan fingerprint density at radius 3 is 2.74 bits per heavy atom. The summed E-state index contributed by atoms with van der Waals surface area (Å²) in [5.74, 6) is 1.52. The number of hydrogen-bond acceptors (Lipinski definition) is 5. The first kappa shape index (κ1) is 15.3. The summed E-state index contributed by atoms with van der Waals surface area (Å²) in [5, 5.41) is 21.4. The highest BCUT2D eigenvalue weighted by Gasteiger charge is 2.18. The number of benzene rings is 2. The standard InChI is InChI=1S/C20H14N6O/c21-10-19-22-20(24-23-19)14-6-7-15-11-26-16(12-27-18(15)8-14)9-17(25-26)13-4-2-1-3-5-13/h1-9H,11-12H2,(H,22,23,24). The molecule has 2 aromatic heterocycles. The van der Waals surface area contributed by atoms with E-state index < -0.39 is 0 Å². The first-order chi connectivity index (χ1) is 13.3. The van der Waals surface area contributed by atoms with Crippen LogP contribution >= 0.6 is 0 Å². The Labute approximate surface area is 154 Å². The SMILES string of the molecule is N#Cc1nnc(-c2ccc3c(c2)OCc2cc(-c4ccccc4)nn2C3)[nH]1. The summed E-state index contributed by atoms with van der Waals surface area (Å²) in [7, 11) is 0. The van der Waals surface area contributed by atoms with Gasteiger partial charge in [0.1, 0.15) is 18.4 Å². The highest BCUT2D eigenvalue weighted by Crippen LogP contribution is 2.30. The van der Waals surface area contributed by atoms with E-state index >= 15 is 0 Å². The maximum Gasteiger partial charge on any atom is 0.232 e. The van der Waals surface area contributed by atoms with E-state index in [1.165, 1.54) is 0 Å². The number of aromatic amines is 1. The molecule has 130 valence electrons. The van der Waals surface area contributed by atoms with Gasteiger partial charge in [0, 0.05) is 16.7 Å². The minimum Gasteiger partial charge on any atom is -0.487 e. The first-order valence-electron chi connectivity index (χ1n) is 8.51. The van der Waals surface area contributed by atoms with Crippen molar-refractivity contribution in [2.45, 2.75) is 13.2 Å². The van der Waals surface area contributed by atoms with Crippen LogP contribution in [-0.4, -0.2) is 25.0 Å². The summed E-state index contributed by atoms with van der Waals surface area (Å²) >= 11 is 0. The lowest BCUT2D eigenvalue weighted by molar-refractivity contribution is 0.302. The first-order valence-corrected chi connectivity index (χ1v) is 8.51. The summed E-state index contributed by atoms with van der Waals surface area (Å²) in [6.45, 7) is 1.08. The van der Waals surface area contributed by atoms with Crippen LogP contribution in [0.15, 0.2) is 54.6 Å². The molecule has 7 heteroatoms. The third-order valence-electron chi connectivity index (χ3n) is 4.56. The number of hydrogen-bond donors (Lipinski definition) is 1. The highest BCUT2D eigenvalue weighted by molar-refractivity contribution is 5.61. The Kier molecular flexibility index (Phi) is 3.47. The lowest BCUT2D eigenvalue weighted by Gasteiger charge is -2.08. The molecule has 0 fully saturated rings. The smallest absolute Gasteiger partial charge is 0.232 e. The molecule has 1 N–H and O–H groups in total. The number of nitrogens with one attached hydrogen (secondary N) is 1. The van der Waals surface area contributed by atoms with Gasteiger partial charge in [0.25, 0.3) is 0 Å². The van der Waals surface area contributed by atoms with Crippen LogP contribution in [0, 0.1) is 11.3 Å². The van der Waals surface area contributed by atoms with Gasteiger partial charge in [-0.15, -0.1) is 10.2 Å². The van der Waals surface area contributed by atoms with Gasteiger partial charge in [0.05, 0.1) is 17.9 Å². The molecule has 1 aliphatic heterocycles. The monoisotopic (exact) mass is 354 g/mol. The van der Waals surface area contributed by atoms with E-state index in [9.17, 15) is 0 Å². The Balaban J connectivity index is 1.47. The number of nitriles is 1. The zero-order chi connectivity index (χ0) is 18.2. The fraction of sp³-hybridized carbons (Fsp3) is 0.100. The topological polar surface area (TPSA) is 92.4 Å². The molecule has 27 heavy (non-hydrogen) atoms. The van der Waals surface area contributed by atoms with Crippen molar-refractivity contribution in [1.82, 2.24) is 25.0 Å². The molecule has 0 saturated heterocycles. The van der Waals surface area contributed by atoms with Gasteiger partial charge in [-0.25, -0.2) is 0 Å². The zero-order valence-electron chi connectivity index (χ0n) is 14.3. The fourth-order valence-electron chi connectivity index (χ4n) is 3.18. The van der Waals surface area contributed by atoms with Crippen molar-refractivity contribution in [1.29, 1.82) is 5.26 Å². The number of aromatic nitrogens is 5. The summed E-state index contributed by atoms with van der Waals surface area (Å²) < 4.78 is 8.01. The van der Waals surface area contributed by atoms with Crippen LogP contribution in [0.1, 0.15) is 17.1 Å². The minimum absolute atomic E-state index is 0.189. The van der Waals surface area contributed by atoms with Crippen molar-refractivity contribution in [2.75, 3.05) is 0 Å². The minimum atomic E-state index is 0.189. The Bertz CT molecular complexity index is 1170. The second kappa shape index (κ2) is 6.11. The number of rotatable bonds is 2. The van der Waals surface area contributed by atoms with Crippen LogP contribution in [0.3, 0.4) is 0 Å². The third-order valence-corrected chi connectivity index (χ3v) is 4.56. The lowest BCUT2D eigenvalue weighted by atomic mass is 10.1. The van der Waals surface area contributed by atoms with E-state index in [-0.39, 0.29) is 5.82 Å². The molecule has 0 bridgehead atoms. The van der Waals surface area contributed by atoms with E-state index in [1.807, 2.05) is 47.1 Å². The number of H-pyrrole nitrogens is 1. The van der Waals surface area contributed by atoms with Crippen molar-refractivity contribution in [3.63, 3.8) is 0 Å². The van der Waals surface area contributed by atoms with Gasteiger partial charge in [0.15, 0.2) is 5.82 Å². The van der Waals surface area contributed by atoms with Crippen LogP contribution in [-0.2, 0) is 13.2 Å². The van der Waals surface area contributed by atoms with E-state index in [0.717, 1.165) is 33.8 Å². The molecule has 0 atom stereocenters. The summed E-state index contributed by atoms with van der Waals surface area (Å²) in [4.78, 5) is 2.88. The lowest BCUT2D eigenvalue weighted by Crippen LogP contribution is -2.03. The Hall–Kier alpha value is -3.92. The van der Waals surface area contributed by atoms with Crippen LogP contribution in [0.2, 0.25) is 0 Å². The Morgan fingerprint density at radius 1 is 1.04 bits per heavy atom. The molecular weight excluding hydrogens is 340 g/mol. The normalized spacial score (nSPS) is 12.4. The molecule has 5 rings (SSSR count). The highest BCUT2D eigenvalue weighted by atomic mass is 16.5. The van der Waals surface area contributed by atoms with Gasteiger partial charge in [-0.3, -0.25) is 4.68 Å². The van der Waals surface area contributed by atoms with Crippen LogP contribution in [0.5, 0.6) is 5.75 Å². The molecule has 1 aliphatic rings. The average Bonchev–Trinajstić information content (AvgIpc) is 3.32.